The lowest BCUT2D eigenvalue weighted by atomic mass is 10.0. The zero-order valence-electron chi connectivity index (χ0n) is 19.3. The molecule has 0 atom stereocenters. The largest absolute Gasteiger partial charge is 0.459 e. The minimum atomic E-state index is -4.31. The lowest BCUT2D eigenvalue weighted by Gasteiger charge is -2.30. The van der Waals surface area contributed by atoms with Crippen molar-refractivity contribution in [3.8, 4) is 11.5 Å². The van der Waals surface area contributed by atoms with E-state index in [2.05, 4.69) is 16.4 Å². The average molecular weight is 522 g/mol. The van der Waals surface area contributed by atoms with Crippen LogP contribution >= 0.6 is 0 Å². The molecule has 1 saturated heterocycles. The van der Waals surface area contributed by atoms with Crippen molar-refractivity contribution in [3.63, 3.8) is 0 Å². The minimum absolute atomic E-state index is 0.189. The maximum Gasteiger partial charge on any atom is 0.429 e. The molecule has 0 aromatic heterocycles. The van der Waals surface area contributed by atoms with Gasteiger partial charge >= 0.3 is 6.11 Å². The van der Waals surface area contributed by atoms with Gasteiger partial charge in [-0.05, 0) is 18.6 Å². The SMILES string of the molecule is CCCCCC1COC(c2ccc(C(F)(F)Oc3cc(F)c(O/C=C/C(F)F)c(F)c3)c(F)c2)OC1. The van der Waals surface area contributed by atoms with E-state index in [0.29, 0.717) is 31.6 Å². The molecule has 1 fully saturated rings. The number of hydrogen-bond donors (Lipinski definition) is 0. The lowest BCUT2D eigenvalue weighted by molar-refractivity contribution is -0.206. The van der Waals surface area contributed by atoms with Gasteiger partial charge in [-0.1, -0.05) is 32.3 Å². The Morgan fingerprint density at radius 2 is 1.67 bits per heavy atom. The topological polar surface area (TPSA) is 36.9 Å². The Bertz CT molecular complexity index is 1010. The monoisotopic (exact) mass is 522 g/mol. The number of hydrogen-bond acceptors (Lipinski definition) is 4. The first-order valence-corrected chi connectivity index (χ1v) is 11.3. The van der Waals surface area contributed by atoms with Crippen molar-refractivity contribution in [2.24, 2.45) is 5.92 Å². The first kappa shape index (κ1) is 27.8. The standard InChI is InChI=1S/C25H25F7O4/c1-2-3-4-5-15-13-34-24(35-14-15)16-6-7-18(19(26)10-16)25(31,32)36-17-11-20(27)23(21(28)12-17)33-9-8-22(29)30/h6-12,15,22,24H,2-5,13-14H2,1H3/b9-8+. The van der Waals surface area contributed by atoms with E-state index in [9.17, 15) is 30.7 Å². The predicted molar refractivity (Wildman–Crippen MR) is 115 cm³/mol. The maximum atomic E-state index is 14.6. The van der Waals surface area contributed by atoms with E-state index in [1.165, 1.54) is 6.07 Å². The fourth-order valence-electron chi connectivity index (χ4n) is 3.58. The van der Waals surface area contributed by atoms with Crippen molar-refractivity contribution < 1.29 is 49.7 Å². The van der Waals surface area contributed by atoms with E-state index in [4.69, 9.17) is 9.47 Å². The normalized spacial score (nSPS) is 18.7. The Labute approximate surface area is 203 Å². The van der Waals surface area contributed by atoms with Crippen LogP contribution in [-0.4, -0.2) is 19.6 Å². The molecule has 0 bridgehead atoms. The van der Waals surface area contributed by atoms with Crippen LogP contribution in [0.15, 0.2) is 42.7 Å². The summed E-state index contributed by atoms with van der Waals surface area (Å²) in [5.41, 5.74) is -0.991. The van der Waals surface area contributed by atoms with Gasteiger partial charge in [-0.25, -0.2) is 22.0 Å². The van der Waals surface area contributed by atoms with Gasteiger partial charge in [-0.2, -0.15) is 8.78 Å². The molecule has 0 unspecified atom stereocenters. The van der Waals surface area contributed by atoms with Crippen LogP contribution in [0.25, 0.3) is 0 Å². The Kier molecular flexibility index (Phi) is 9.61. The van der Waals surface area contributed by atoms with Gasteiger partial charge < -0.3 is 18.9 Å². The van der Waals surface area contributed by atoms with Gasteiger partial charge in [-0.15, -0.1) is 0 Å². The van der Waals surface area contributed by atoms with Gasteiger partial charge in [0.1, 0.15) is 11.6 Å². The fourth-order valence-corrected chi connectivity index (χ4v) is 3.58. The number of rotatable bonds is 11. The van der Waals surface area contributed by atoms with Gasteiger partial charge in [0.25, 0.3) is 6.43 Å². The highest BCUT2D eigenvalue weighted by Gasteiger charge is 2.39. The van der Waals surface area contributed by atoms with Crippen molar-refractivity contribution in [2.75, 3.05) is 13.2 Å². The van der Waals surface area contributed by atoms with E-state index in [1.807, 2.05) is 0 Å². The lowest BCUT2D eigenvalue weighted by Crippen LogP contribution is -2.28. The molecule has 0 spiro atoms. The fraction of sp³-hybridized carbons (Fsp3) is 0.440. The second kappa shape index (κ2) is 12.4. The summed E-state index contributed by atoms with van der Waals surface area (Å²) in [7, 11) is 0. The van der Waals surface area contributed by atoms with Gasteiger partial charge in [-0.3, -0.25) is 0 Å². The molecule has 36 heavy (non-hydrogen) atoms. The van der Waals surface area contributed by atoms with E-state index in [1.54, 1.807) is 0 Å². The van der Waals surface area contributed by atoms with E-state index >= 15 is 0 Å². The molecular formula is C25H25F7O4. The zero-order valence-corrected chi connectivity index (χ0v) is 19.3. The summed E-state index contributed by atoms with van der Waals surface area (Å²) in [5, 5.41) is 0. The molecule has 0 amide bonds. The molecule has 4 nitrogen and oxygen atoms in total. The summed E-state index contributed by atoms with van der Waals surface area (Å²) in [5.74, 6) is -6.19. The van der Waals surface area contributed by atoms with Crippen LogP contribution in [0.1, 0.15) is 50.0 Å². The van der Waals surface area contributed by atoms with Crippen molar-refractivity contribution in [1.82, 2.24) is 0 Å². The molecule has 0 aliphatic carbocycles. The summed E-state index contributed by atoms with van der Waals surface area (Å²) >= 11 is 0. The highest BCUT2D eigenvalue weighted by molar-refractivity contribution is 5.36. The molecule has 198 valence electrons. The van der Waals surface area contributed by atoms with Crippen molar-refractivity contribution in [1.29, 1.82) is 0 Å². The molecule has 0 saturated carbocycles. The number of allylic oxidation sites excluding steroid dienone is 1. The van der Waals surface area contributed by atoms with Crippen molar-refractivity contribution >= 4 is 0 Å². The molecule has 2 aromatic carbocycles. The molecule has 3 rings (SSSR count). The molecule has 1 heterocycles. The maximum absolute atomic E-state index is 14.6. The number of alkyl halides is 4. The van der Waals surface area contributed by atoms with Gasteiger partial charge in [0.15, 0.2) is 23.7 Å². The molecular weight excluding hydrogens is 497 g/mol. The highest BCUT2D eigenvalue weighted by atomic mass is 19.3. The van der Waals surface area contributed by atoms with Crippen LogP contribution in [0, 0.1) is 23.4 Å². The van der Waals surface area contributed by atoms with Crippen LogP contribution in [-0.2, 0) is 15.6 Å². The van der Waals surface area contributed by atoms with Crippen LogP contribution < -0.4 is 9.47 Å². The van der Waals surface area contributed by atoms with Crippen molar-refractivity contribution in [3.05, 3.63) is 71.2 Å². The third-order valence-corrected chi connectivity index (χ3v) is 5.39. The van der Waals surface area contributed by atoms with Crippen LogP contribution in [0.4, 0.5) is 30.7 Å². The Morgan fingerprint density at radius 1 is 1.00 bits per heavy atom. The summed E-state index contributed by atoms with van der Waals surface area (Å²) in [6, 6.07) is 3.49. The van der Waals surface area contributed by atoms with Crippen LogP contribution in [0.2, 0.25) is 0 Å². The smallest absolute Gasteiger partial charge is 0.429 e. The number of unbranched alkanes of at least 4 members (excludes halogenated alkanes) is 2. The first-order valence-electron chi connectivity index (χ1n) is 11.3. The summed E-state index contributed by atoms with van der Waals surface area (Å²) in [6.45, 7) is 2.89. The molecule has 11 heteroatoms. The molecule has 1 aliphatic heterocycles. The minimum Gasteiger partial charge on any atom is -0.459 e. The Morgan fingerprint density at radius 3 is 2.25 bits per heavy atom. The average Bonchev–Trinajstić information content (AvgIpc) is 2.81. The predicted octanol–water partition coefficient (Wildman–Crippen LogP) is 7.63. The molecule has 2 aromatic rings. The highest BCUT2D eigenvalue weighted by Crippen LogP contribution is 2.37. The Hall–Kier alpha value is -2.79. The van der Waals surface area contributed by atoms with Crippen molar-refractivity contribution in [2.45, 2.75) is 51.4 Å². The second-order valence-electron chi connectivity index (χ2n) is 8.22. The van der Waals surface area contributed by atoms with Gasteiger partial charge in [0, 0.05) is 29.7 Å². The summed E-state index contributed by atoms with van der Waals surface area (Å²) in [6.07, 6.45) is -3.43. The molecule has 1 aliphatic rings. The first-order chi connectivity index (χ1) is 17.1. The van der Waals surface area contributed by atoms with Gasteiger partial charge in [0.2, 0.25) is 0 Å². The van der Waals surface area contributed by atoms with Gasteiger partial charge in [0.05, 0.1) is 25.0 Å². The Balaban J connectivity index is 1.67. The molecule has 0 radical (unpaired) electrons. The van der Waals surface area contributed by atoms with E-state index < -0.39 is 53.3 Å². The third kappa shape index (κ3) is 7.36. The molecule has 0 N–H and O–H groups in total. The number of halogens is 7. The second-order valence-corrected chi connectivity index (χ2v) is 8.22. The number of benzene rings is 2. The quantitative estimate of drug-likeness (QED) is 0.173. The number of ether oxygens (including phenoxy) is 4. The van der Waals surface area contributed by atoms with E-state index in [-0.39, 0.29) is 17.6 Å². The summed E-state index contributed by atoms with van der Waals surface area (Å²) in [4.78, 5) is 0. The van der Waals surface area contributed by atoms with Crippen LogP contribution in [0.5, 0.6) is 11.5 Å². The third-order valence-electron chi connectivity index (χ3n) is 5.39. The summed E-state index contributed by atoms with van der Waals surface area (Å²) < 4.78 is 116. The van der Waals surface area contributed by atoms with E-state index in [0.717, 1.165) is 37.8 Å². The van der Waals surface area contributed by atoms with Crippen LogP contribution in [0.3, 0.4) is 0 Å². The zero-order chi connectivity index (χ0) is 26.3.